The van der Waals surface area contributed by atoms with Crippen LogP contribution in [0.25, 0.3) is 0 Å². The van der Waals surface area contributed by atoms with Crippen LogP contribution in [0.1, 0.15) is 5.56 Å². The van der Waals surface area contributed by atoms with E-state index >= 15 is 0 Å². The van der Waals surface area contributed by atoms with Gasteiger partial charge in [0.15, 0.2) is 0 Å². The summed E-state index contributed by atoms with van der Waals surface area (Å²) >= 11 is 6.60. The highest BCUT2D eigenvalue weighted by molar-refractivity contribution is 9.10. The van der Waals surface area contributed by atoms with Gasteiger partial charge in [-0.25, -0.2) is 4.39 Å². The maximum absolute atomic E-state index is 13.1. The van der Waals surface area contributed by atoms with E-state index in [9.17, 15) is 4.39 Å². The summed E-state index contributed by atoms with van der Waals surface area (Å²) in [6.07, 6.45) is 0. The summed E-state index contributed by atoms with van der Waals surface area (Å²) in [5.41, 5.74) is 1.87. The quantitative estimate of drug-likeness (QED) is 0.798. The first kappa shape index (κ1) is 14.3. The van der Waals surface area contributed by atoms with Crippen molar-refractivity contribution in [2.75, 3.05) is 12.4 Å². The molecule has 19 heavy (non-hydrogen) atoms. The molecule has 1 N–H and O–H groups in total. The zero-order valence-electron chi connectivity index (χ0n) is 10.2. The zero-order valence-corrected chi connectivity index (χ0v) is 13.4. The summed E-state index contributed by atoms with van der Waals surface area (Å²) < 4.78 is 19.9. The maximum Gasteiger partial charge on any atom is 0.137 e. The topological polar surface area (TPSA) is 21.3 Å². The number of halogens is 3. The molecule has 2 aromatic rings. The van der Waals surface area contributed by atoms with Crippen molar-refractivity contribution in [1.82, 2.24) is 0 Å². The Balaban J connectivity index is 2.13. The molecule has 0 aliphatic heterocycles. The van der Waals surface area contributed by atoms with E-state index in [0.29, 0.717) is 11.0 Å². The Labute approximate surface area is 128 Å². The third kappa shape index (κ3) is 3.70. The van der Waals surface area contributed by atoms with Gasteiger partial charge in [0.05, 0.1) is 11.6 Å². The van der Waals surface area contributed by atoms with Gasteiger partial charge in [-0.3, -0.25) is 0 Å². The first-order chi connectivity index (χ1) is 9.10. The molecule has 0 bridgehead atoms. The van der Waals surface area contributed by atoms with E-state index in [2.05, 4.69) is 37.2 Å². The minimum atomic E-state index is -0.273. The molecule has 0 aliphatic carbocycles. The minimum absolute atomic E-state index is 0.273. The maximum atomic E-state index is 13.1. The summed E-state index contributed by atoms with van der Waals surface area (Å²) in [5, 5.41) is 3.23. The number of nitrogens with one attached hydrogen (secondary N) is 1. The summed E-state index contributed by atoms with van der Waals surface area (Å²) in [6, 6.07) is 10.7. The Bertz CT molecular complexity index is 590. The summed E-state index contributed by atoms with van der Waals surface area (Å²) in [6.45, 7) is 0.598. The lowest BCUT2D eigenvalue weighted by Gasteiger charge is -2.11. The van der Waals surface area contributed by atoms with Crippen LogP contribution in [-0.2, 0) is 6.54 Å². The van der Waals surface area contributed by atoms with Crippen LogP contribution in [0.15, 0.2) is 45.3 Å². The number of benzene rings is 2. The molecule has 0 radical (unpaired) electrons. The third-order valence-corrected chi connectivity index (χ3v) is 3.75. The van der Waals surface area contributed by atoms with Gasteiger partial charge >= 0.3 is 0 Å². The molecule has 0 saturated heterocycles. The fourth-order valence-corrected chi connectivity index (χ4v) is 2.48. The normalized spacial score (nSPS) is 10.3. The second-order valence-corrected chi connectivity index (χ2v) is 5.71. The Morgan fingerprint density at radius 1 is 1.16 bits per heavy atom. The summed E-state index contributed by atoms with van der Waals surface area (Å²) in [4.78, 5) is 0. The number of ether oxygens (including phenoxy) is 1. The van der Waals surface area contributed by atoms with Gasteiger partial charge in [0.2, 0.25) is 0 Å². The second-order valence-electron chi connectivity index (χ2n) is 3.94. The van der Waals surface area contributed by atoms with Gasteiger partial charge in [-0.2, -0.15) is 0 Å². The summed E-state index contributed by atoms with van der Waals surface area (Å²) in [7, 11) is 1.64. The lowest BCUT2D eigenvalue weighted by atomic mass is 10.2. The SMILES string of the molecule is COc1ccc(Br)cc1CNc1ccc(F)c(Br)c1. The van der Waals surface area contributed by atoms with Crippen molar-refractivity contribution in [2.45, 2.75) is 6.54 Å². The van der Waals surface area contributed by atoms with Crippen LogP contribution in [0.2, 0.25) is 0 Å². The molecule has 2 rings (SSSR count). The molecule has 0 atom stereocenters. The second kappa shape index (κ2) is 6.39. The van der Waals surface area contributed by atoms with Crippen molar-refractivity contribution < 1.29 is 9.13 Å². The van der Waals surface area contributed by atoms with Gasteiger partial charge in [0.25, 0.3) is 0 Å². The van der Waals surface area contributed by atoms with E-state index in [-0.39, 0.29) is 5.82 Å². The molecule has 0 aliphatic rings. The van der Waals surface area contributed by atoms with Crippen LogP contribution in [0.3, 0.4) is 0 Å². The number of hydrogen-bond acceptors (Lipinski definition) is 2. The van der Waals surface area contributed by atoms with E-state index < -0.39 is 0 Å². The van der Waals surface area contributed by atoms with Gasteiger partial charge in [-0.15, -0.1) is 0 Å². The van der Waals surface area contributed by atoms with E-state index in [0.717, 1.165) is 21.5 Å². The van der Waals surface area contributed by atoms with Crippen molar-refractivity contribution in [3.8, 4) is 5.75 Å². The summed E-state index contributed by atoms with van der Waals surface area (Å²) in [5.74, 6) is 0.544. The van der Waals surface area contributed by atoms with Crippen molar-refractivity contribution in [3.05, 3.63) is 56.7 Å². The standard InChI is InChI=1S/C14H12Br2FNO/c1-19-14-5-2-10(15)6-9(14)8-18-11-3-4-13(17)12(16)7-11/h2-7,18H,8H2,1H3. The fraction of sp³-hybridized carbons (Fsp3) is 0.143. The molecule has 0 saturated carbocycles. The minimum Gasteiger partial charge on any atom is -0.496 e. The van der Waals surface area contributed by atoms with Gasteiger partial charge < -0.3 is 10.1 Å². The molecule has 100 valence electrons. The largest absolute Gasteiger partial charge is 0.496 e. The predicted octanol–water partition coefficient (Wildman–Crippen LogP) is 4.97. The molecular formula is C14H12Br2FNO. The Morgan fingerprint density at radius 2 is 1.95 bits per heavy atom. The zero-order chi connectivity index (χ0) is 13.8. The monoisotopic (exact) mass is 387 g/mol. The van der Waals surface area contributed by atoms with Crippen molar-refractivity contribution in [2.24, 2.45) is 0 Å². The average molecular weight is 389 g/mol. The van der Waals surface area contributed by atoms with Crippen LogP contribution in [0, 0.1) is 5.82 Å². The molecule has 2 nitrogen and oxygen atoms in total. The average Bonchev–Trinajstić information content (AvgIpc) is 2.40. The van der Waals surface area contributed by atoms with Crippen LogP contribution >= 0.6 is 31.9 Å². The fourth-order valence-electron chi connectivity index (χ4n) is 1.69. The molecule has 5 heteroatoms. The third-order valence-electron chi connectivity index (χ3n) is 2.65. The van der Waals surface area contributed by atoms with Gasteiger partial charge in [-0.1, -0.05) is 15.9 Å². The smallest absolute Gasteiger partial charge is 0.137 e. The van der Waals surface area contributed by atoms with E-state index in [1.54, 1.807) is 19.2 Å². The Hall–Kier alpha value is -1.07. The van der Waals surface area contributed by atoms with E-state index in [1.807, 2.05) is 18.2 Å². The van der Waals surface area contributed by atoms with Crippen molar-refractivity contribution in [1.29, 1.82) is 0 Å². The molecular weight excluding hydrogens is 377 g/mol. The number of anilines is 1. The van der Waals surface area contributed by atoms with Crippen LogP contribution in [-0.4, -0.2) is 7.11 Å². The lowest BCUT2D eigenvalue weighted by molar-refractivity contribution is 0.410. The first-order valence-corrected chi connectivity index (χ1v) is 7.20. The molecule has 0 unspecified atom stereocenters. The number of hydrogen-bond donors (Lipinski definition) is 1. The van der Waals surface area contributed by atoms with E-state index in [4.69, 9.17) is 4.74 Å². The first-order valence-electron chi connectivity index (χ1n) is 5.61. The lowest BCUT2D eigenvalue weighted by Crippen LogP contribution is -2.02. The molecule has 0 amide bonds. The van der Waals surface area contributed by atoms with Crippen molar-refractivity contribution >= 4 is 37.5 Å². The Morgan fingerprint density at radius 3 is 2.63 bits per heavy atom. The highest BCUT2D eigenvalue weighted by atomic mass is 79.9. The molecule has 0 aromatic heterocycles. The Kier molecular flexibility index (Phi) is 4.82. The number of rotatable bonds is 4. The highest BCUT2D eigenvalue weighted by Gasteiger charge is 2.05. The molecule has 0 fully saturated rings. The van der Waals surface area contributed by atoms with Gasteiger partial charge in [0.1, 0.15) is 11.6 Å². The van der Waals surface area contributed by atoms with E-state index in [1.165, 1.54) is 6.07 Å². The van der Waals surface area contributed by atoms with Gasteiger partial charge in [0, 0.05) is 22.3 Å². The van der Waals surface area contributed by atoms with Crippen LogP contribution < -0.4 is 10.1 Å². The molecule has 0 spiro atoms. The predicted molar refractivity (Wildman–Crippen MR) is 82.1 cm³/mol. The van der Waals surface area contributed by atoms with Crippen LogP contribution in [0.5, 0.6) is 5.75 Å². The highest BCUT2D eigenvalue weighted by Crippen LogP contribution is 2.25. The van der Waals surface area contributed by atoms with Gasteiger partial charge in [-0.05, 0) is 52.3 Å². The molecule has 2 aromatic carbocycles. The van der Waals surface area contributed by atoms with Crippen molar-refractivity contribution in [3.63, 3.8) is 0 Å². The number of methoxy groups -OCH3 is 1. The van der Waals surface area contributed by atoms with Crippen LogP contribution in [0.4, 0.5) is 10.1 Å². The molecule has 0 heterocycles.